The summed E-state index contributed by atoms with van der Waals surface area (Å²) in [5.74, 6) is -4.50. The zero-order chi connectivity index (χ0) is 12.9. The molecule has 0 rings (SSSR count). The Kier molecular flexibility index (Phi) is 5.45. The molecule has 0 aromatic carbocycles. The number of carbonyl (C=O) groups is 2. The van der Waals surface area contributed by atoms with E-state index in [1.165, 1.54) is 0 Å². The molecule has 0 radical (unpaired) electrons. The smallest absolute Gasteiger partial charge is 0.339 e. The maximum absolute atomic E-state index is 13.5. The topological polar surface area (TPSA) is 113 Å². The first-order valence-electron chi connectivity index (χ1n) is 4.30. The average Bonchev–Trinajstić information content (AvgIpc) is 2.23. The average molecular weight is 240 g/mol. The van der Waals surface area contributed by atoms with Crippen LogP contribution in [0.3, 0.4) is 0 Å². The minimum absolute atomic E-state index is 0.494. The molecule has 0 fully saturated rings. The lowest BCUT2D eigenvalue weighted by molar-refractivity contribution is -0.376. The molecule has 0 saturated carbocycles. The Balaban J connectivity index is 4.66. The summed E-state index contributed by atoms with van der Waals surface area (Å²) in [4.78, 5) is 28.2. The van der Waals surface area contributed by atoms with E-state index in [2.05, 4.69) is 9.78 Å². The van der Waals surface area contributed by atoms with Gasteiger partial charge in [0.2, 0.25) is 0 Å². The lowest BCUT2D eigenvalue weighted by Crippen LogP contribution is -2.52. The van der Waals surface area contributed by atoms with Crippen molar-refractivity contribution >= 4 is 12.3 Å². The first kappa shape index (κ1) is 14.9. The predicted octanol–water partition coefficient (Wildman–Crippen LogP) is -1.55. The van der Waals surface area contributed by atoms with Gasteiger partial charge in [0.25, 0.3) is 0 Å². The highest BCUT2D eigenvalue weighted by molar-refractivity contribution is 5.66. The normalized spacial score (nSPS) is 20.4. The summed E-state index contributed by atoms with van der Waals surface area (Å²) >= 11 is 0. The van der Waals surface area contributed by atoms with Gasteiger partial charge >= 0.3 is 11.8 Å². The Morgan fingerprint density at radius 3 is 2.25 bits per heavy atom. The number of aliphatic hydroxyl groups excluding tert-OH is 3. The third-order valence-electron chi connectivity index (χ3n) is 1.67. The molecule has 7 nitrogen and oxygen atoms in total. The van der Waals surface area contributed by atoms with Crippen LogP contribution >= 0.6 is 0 Å². The molecule has 0 amide bonds. The largest absolute Gasteiger partial charge is 0.391 e. The molecule has 4 atom stereocenters. The van der Waals surface area contributed by atoms with Crippen molar-refractivity contribution < 1.29 is 39.1 Å². The lowest BCUT2D eigenvalue weighted by Gasteiger charge is -2.27. The highest BCUT2D eigenvalue weighted by Gasteiger charge is 2.47. The summed E-state index contributed by atoms with van der Waals surface area (Å²) in [5.41, 5.74) is 0. The minimum Gasteiger partial charge on any atom is -0.391 e. The fraction of sp³-hybridized carbons (Fsp3) is 0.750. The van der Waals surface area contributed by atoms with Crippen LogP contribution in [0.15, 0.2) is 0 Å². The van der Waals surface area contributed by atoms with Gasteiger partial charge < -0.3 is 15.3 Å². The van der Waals surface area contributed by atoms with E-state index in [-0.39, 0.29) is 0 Å². The molecular weight excluding hydrogens is 227 g/mol. The molecule has 0 aromatic rings. The number of carbonyl (C=O) groups excluding carboxylic acids is 2. The zero-order valence-corrected chi connectivity index (χ0v) is 8.66. The van der Waals surface area contributed by atoms with Crippen LogP contribution in [0.5, 0.6) is 0 Å². The van der Waals surface area contributed by atoms with E-state index in [1.807, 2.05) is 0 Å². The Morgan fingerprint density at radius 1 is 1.44 bits per heavy atom. The third-order valence-corrected chi connectivity index (χ3v) is 1.67. The van der Waals surface area contributed by atoms with Gasteiger partial charge in [-0.15, -0.1) is 4.89 Å². The third kappa shape index (κ3) is 3.81. The number of aldehydes is 1. The first-order valence-corrected chi connectivity index (χ1v) is 4.30. The second kappa shape index (κ2) is 5.85. The molecule has 3 N–H and O–H groups in total. The van der Waals surface area contributed by atoms with Gasteiger partial charge in [0.15, 0.2) is 12.4 Å². The fourth-order valence-electron chi connectivity index (χ4n) is 0.758. The number of aliphatic hydroxyl groups is 3. The van der Waals surface area contributed by atoms with Gasteiger partial charge in [0, 0.05) is 6.92 Å². The van der Waals surface area contributed by atoms with E-state index in [0.717, 1.165) is 13.8 Å². The maximum Gasteiger partial charge on any atom is 0.339 e. The Morgan fingerprint density at radius 2 is 1.94 bits per heavy atom. The SMILES string of the molecule is CC(=O)OO[C@@](F)(C=O)[C@@H](O)[C@@H](O)[C@@H](C)O. The van der Waals surface area contributed by atoms with E-state index in [9.17, 15) is 19.1 Å². The molecule has 0 spiro atoms. The first-order chi connectivity index (χ1) is 7.24. The molecule has 0 aliphatic heterocycles. The molecule has 94 valence electrons. The number of alkyl halides is 1. The minimum atomic E-state index is -3.44. The Bertz CT molecular complexity index is 257. The maximum atomic E-state index is 13.5. The molecule has 8 heteroatoms. The van der Waals surface area contributed by atoms with Crippen LogP contribution in [0.1, 0.15) is 13.8 Å². The zero-order valence-electron chi connectivity index (χ0n) is 8.66. The highest BCUT2D eigenvalue weighted by atomic mass is 19.2. The second-order valence-electron chi connectivity index (χ2n) is 3.15. The summed E-state index contributed by atoms with van der Waals surface area (Å²) < 4.78 is 13.5. The van der Waals surface area contributed by atoms with Crippen LogP contribution in [0, 0.1) is 0 Å². The number of rotatable bonds is 6. The summed E-state index contributed by atoms with van der Waals surface area (Å²) in [5, 5.41) is 27.2. The second-order valence-corrected chi connectivity index (χ2v) is 3.15. The van der Waals surface area contributed by atoms with E-state index >= 15 is 0 Å². The Hall–Kier alpha value is -1.09. The van der Waals surface area contributed by atoms with Crippen molar-refractivity contribution in [1.82, 2.24) is 0 Å². The summed E-state index contributed by atoms with van der Waals surface area (Å²) in [6.07, 6.45) is -6.38. The predicted molar refractivity (Wildman–Crippen MR) is 46.4 cm³/mol. The molecule has 0 aromatic heterocycles. The van der Waals surface area contributed by atoms with Crippen molar-refractivity contribution in [2.45, 2.75) is 38.0 Å². The van der Waals surface area contributed by atoms with E-state index in [1.54, 1.807) is 0 Å². The van der Waals surface area contributed by atoms with Gasteiger partial charge in [-0.1, -0.05) is 0 Å². The van der Waals surface area contributed by atoms with Crippen LogP contribution in [-0.4, -0.2) is 51.7 Å². The van der Waals surface area contributed by atoms with E-state index in [0.29, 0.717) is 0 Å². The molecule has 0 heterocycles. The highest BCUT2D eigenvalue weighted by Crippen LogP contribution is 2.20. The van der Waals surface area contributed by atoms with Crippen LogP contribution < -0.4 is 0 Å². The van der Waals surface area contributed by atoms with Crippen LogP contribution in [-0.2, 0) is 19.4 Å². The van der Waals surface area contributed by atoms with Crippen LogP contribution in [0.25, 0.3) is 0 Å². The van der Waals surface area contributed by atoms with Gasteiger partial charge in [-0.3, -0.25) is 9.68 Å². The van der Waals surface area contributed by atoms with Crippen molar-refractivity contribution in [1.29, 1.82) is 0 Å². The van der Waals surface area contributed by atoms with Crippen LogP contribution in [0.4, 0.5) is 4.39 Å². The molecule has 0 aliphatic carbocycles. The lowest BCUT2D eigenvalue weighted by atomic mass is 10.0. The van der Waals surface area contributed by atoms with Crippen molar-refractivity contribution in [3.8, 4) is 0 Å². The van der Waals surface area contributed by atoms with E-state index < -0.39 is 36.4 Å². The quantitative estimate of drug-likeness (QED) is 0.292. The van der Waals surface area contributed by atoms with Crippen LogP contribution in [0.2, 0.25) is 0 Å². The molecule has 0 unspecified atom stereocenters. The van der Waals surface area contributed by atoms with Gasteiger partial charge in [-0.25, -0.2) is 4.79 Å². The van der Waals surface area contributed by atoms with Crippen molar-refractivity contribution in [3.63, 3.8) is 0 Å². The van der Waals surface area contributed by atoms with Crippen molar-refractivity contribution in [2.24, 2.45) is 0 Å². The summed E-state index contributed by atoms with van der Waals surface area (Å²) in [6.45, 7) is 1.94. The monoisotopic (exact) mass is 240 g/mol. The van der Waals surface area contributed by atoms with Gasteiger partial charge in [-0.2, -0.15) is 4.39 Å². The molecular formula is C8H13FO7. The molecule has 0 bridgehead atoms. The van der Waals surface area contributed by atoms with Gasteiger partial charge in [0.05, 0.1) is 6.10 Å². The van der Waals surface area contributed by atoms with Crippen molar-refractivity contribution in [3.05, 3.63) is 0 Å². The number of hydrogen-bond acceptors (Lipinski definition) is 7. The Labute approximate surface area is 90.3 Å². The molecule has 0 aliphatic rings. The standard InChI is InChI=1S/C8H13FO7/c1-4(11)6(13)7(14)8(9,3-10)16-15-5(2)12/h3-4,6-7,11,13-14H,1-2H3/t4-,6+,7+,8+/m1/s1. The fourth-order valence-corrected chi connectivity index (χ4v) is 0.758. The summed E-state index contributed by atoms with van der Waals surface area (Å²) in [7, 11) is 0. The molecule has 0 saturated heterocycles. The number of halogens is 1. The van der Waals surface area contributed by atoms with E-state index in [4.69, 9.17) is 10.2 Å². The molecule has 16 heavy (non-hydrogen) atoms. The van der Waals surface area contributed by atoms with Gasteiger partial charge in [-0.05, 0) is 6.92 Å². The number of hydrogen-bond donors (Lipinski definition) is 3. The summed E-state index contributed by atoms with van der Waals surface area (Å²) in [6, 6.07) is 0. The van der Waals surface area contributed by atoms with Crippen molar-refractivity contribution in [2.75, 3.05) is 0 Å². The van der Waals surface area contributed by atoms with Gasteiger partial charge in [0.1, 0.15) is 6.10 Å².